The smallest absolute Gasteiger partial charge is 0.407 e. The number of nitrogens with one attached hydrogen (secondary N) is 2. The second-order valence-corrected chi connectivity index (χ2v) is 12.1. The highest BCUT2D eigenvalue weighted by molar-refractivity contribution is 6.30. The van der Waals surface area contributed by atoms with Gasteiger partial charge in [-0.1, -0.05) is 69.2 Å². The van der Waals surface area contributed by atoms with Crippen LogP contribution in [-0.4, -0.2) is 36.7 Å². The zero-order valence-electron chi connectivity index (χ0n) is 24.1. The minimum Gasteiger partial charge on any atom is -0.444 e. The fourth-order valence-electron chi connectivity index (χ4n) is 5.30. The summed E-state index contributed by atoms with van der Waals surface area (Å²) in [5.41, 5.74) is 1.95. The molecule has 0 aromatic heterocycles. The molecular weight excluding hydrogens is 510 g/mol. The van der Waals surface area contributed by atoms with Gasteiger partial charge in [-0.25, -0.2) is 4.79 Å². The van der Waals surface area contributed by atoms with Gasteiger partial charge in [0.1, 0.15) is 5.60 Å². The van der Waals surface area contributed by atoms with Crippen LogP contribution in [0.5, 0.6) is 0 Å². The fourth-order valence-corrected chi connectivity index (χ4v) is 5.48. The van der Waals surface area contributed by atoms with Crippen molar-refractivity contribution >= 4 is 35.0 Å². The number of nitrogens with zero attached hydrogens (tertiary/aromatic N) is 1. The van der Waals surface area contributed by atoms with Crippen LogP contribution in [-0.2, 0) is 4.74 Å². The van der Waals surface area contributed by atoms with Gasteiger partial charge in [-0.15, -0.1) is 0 Å². The molecule has 214 valence electrons. The molecule has 0 bridgehead atoms. The molecular formula is C32H46ClN3O3. The largest absolute Gasteiger partial charge is 0.444 e. The molecule has 7 heteroatoms. The van der Waals surface area contributed by atoms with E-state index in [4.69, 9.17) is 16.3 Å². The Kier molecular flexibility index (Phi) is 12.0. The van der Waals surface area contributed by atoms with Gasteiger partial charge in [0.05, 0.1) is 0 Å². The highest BCUT2D eigenvalue weighted by atomic mass is 35.5. The number of carbonyl (C=O) groups excluding carboxylic acids is 2. The molecule has 1 aliphatic carbocycles. The topological polar surface area (TPSA) is 70.7 Å². The number of carbonyl (C=O) groups is 2. The maximum Gasteiger partial charge on any atom is 0.407 e. The Labute approximate surface area is 239 Å². The number of alkyl carbamates (subject to hydrolysis) is 1. The van der Waals surface area contributed by atoms with Crippen LogP contribution < -0.4 is 15.5 Å². The normalized spacial score (nSPS) is 14.9. The second-order valence-electron chi connectivity index (χ2n) is 11.7. The summed E-state index contributed by atoms with van der Waals surface area (Å²) in [6.45, 7) is 8.81. The van der Waals surface area contributed by atoms with Crippen LogP contribution in [0, 0.1) is 5.92 Å². The van der Waals surface area contributed by atoms with Gasteiger partial charge in [-0.2, -0.15) is 0 Å². The summed E-state index contributed by atoms with van der Waals surface area (Å²) in [7, 11) is 0. The molecule has 1 aliphatic rings. The molecule has 0 aliphatic heterocycles. The molecule has 0 heterocycles. The molecule has 6 nitrogen and oxygen atoms in total. The zero-order valence-corrected chi connectivity index (χ0v) is 24.9. The first kappa shape index (κ1) is 30.8. The van der Waals surface area contributed by atoms with Crippen molar-refractivity contribution in [2.75, 3.05) is 18.0 Å². The second kappa shape index (κ2) is 15.2. The fraction of sp³-hybridized carbons (Fsp3) is 0.562. The van der Waals surface area contributed by atoms with Crippen molar-refractivity contribution in [1.82, 2.24) is 10.6 Å². The minimum atomic E-state index is -0.537. The van der Waals surface area contributed by atoms with Crippen molar-refractivity contribution in [3.63, 3.8) is 0 Å². The Bertz CT molecular complexity index is 1060. The Hall–Kier alpha value is -2.73. The summed E-state index contributed by atoms with van der Waals surface area (Å²) in [5.74, 6) is 0.693. The predicted molar refractivity (Wildman–Crippen MR) is 161 cm³/mol. The predicted octanol–water partition coefficient (Wildman–Crippen LogP) is 8.26. The molecule has 2 amide bonds. The maximum atomic E-state index is 13.4. The number of hydrogen-bond acceptors (Lipinski definition) is 4. The molecule has 0 saturated heterocycles. The van der Waals surface area contributed by atoms with Crippen LogP contribution in [0.2, 0.25) is 5.02 Å². The Morgan fingerprint density at radius 2 is 1.74 bits per heavy atom. The molecule has 1 saturated carbocycles. The lowest BCUT2D eigenvalue weighted by Crippen LogP contribution is -2.36. The Morgan fingerprint density at radius 1 is 1.05 bits per heavy atom. The first-order valence-corrected chi connectivity index (χ1v) is 14.9. The van der Waals surface area contributed by atoms with Gasteiger partial charge in [0, 0.05) is 41.1 Å². The third kappa shape index (κ3) is 10.7. The highest BCUT2D eigenvalue weighted by Gasteiger charge is 2.21. The van der Waals surface area contributed by atoms with E-state index in [9.17, 15) is 9.59 Å². The molecule has 2 aromatic carbocycles. The summed E-state index contributed by atoms with van der Waals surface area (Å²) >= 11 is 6.33. The van der Waals surface area contributed by atoms with Gasteiger partial charge in [0.2, 0.25) is 0 Å². The van der Waals surface area contributed by atoms with Crippen LogP contribution in [0.25, 0.3) is 0 Å². The van der Waals surface area contributed by atoms with Gasteiger partial charge in [-0.05, 0) is 82.3 Å². The molecule has 0 spiro atoms. The summed E-state index contributed by atoms with van der Waals surface area (Å²) < 4.78 is 5.34. The van der Waals surface area contributed by atoms with Crippen LogP contribution in [0.1, 0.15) is 95.8 Å². The van der Waals surface area contributed by atoms with Gasteiger partial charge in [-0.3, -0.25) is 4.79 Å². The average molecular weight is 556 g/mol. The van der Waals surface area contributed by atoms with Gasteiger partial charge in [0.15, 0.2) is 0 Å². The van der Waals surface area contributed by atoms with E-state index in [1.54, 1.807) is 0 Å². The summed E-state index contributed by atoms with van der Waals surface area (Å²) in [6, 6.07) is 15.6. The molecule has 3 rings (SSSR count). The number of anilines is 2. The standard InChI is InChI=1S/C32H46ClN3O3/c1-5-12-27(21-24-13-7-6-8-14-24)35-30(37)25-15-9-17-28(22-25)36(29-18-10-16-26(33)23-29)20-11-19-34-31(38)39-32(2,3)4/h9-10,15-18,22-24,27H,5-8,11-14,19-21H2,1-4H3,(H,34,38)(H,35,37)/t27-/m1/s1. The van der Waals surface area contributed by atoms with Crippen molar-refractivity contribution < 1.29 is 14.3 Å². The van der Waals surface area contributed by atoms with E-state index in [-0.39, 0.29) is 11.9 Å². The Balaban J connectivity index is 1.70. The number of rotatable bonds is 12. The zero-order chi connectivity index (χ0) is 28.3. The van der Waals surface area contributed by atoms with E-state index in [1.165, 1.54) is 32.1 Å². The maximum absolute atomic E-state index is 13.4. The van der Waals surface area contributed by atoms with Crippen molar-refractivity contribution in [3.05, 3.63) is 59.1 Å². The summed E-state index contributed by atoms with van der Waals surface area (Å²) in [4.78, 5) is 27.6. The van der Waals surface area contributed by atoms with E-state index in [2.05, 4.69) is 22.5 Å². The van der Waals surface area contributed by atoms with Crippen molar-refractivity contribution in [2.45, 2.75) is 97.1 Å². The van der Waals surface area contributed by atoms with E-state index in [1.807, 2.05) is 69.3 Å². The van der Waals surface area contributed by atoms with E-state index in [0.29, 0.717) is 30.1 Å². The molecule has 39 heavy (non-hydrogen) atoms. The van der Waals surface area contributed by atoms with E-state index < -0.39 is 11.7 Å². The number of hydrogen-bond donors (Lipinski definition) is 2. The number of halogens is 1. The first-order valence-electron chi connectivity index (χ1n) is 14.6. The van der Waals surface area contributed by atoms with Gasteiger partial charge >= 0.3 is 6.09 Å². The van der Waals surface area contributed by atoms with E-state index >= 15 is 0 Å². The third-order valence-electron chi connectivity index (χ3n) is 7.08. The number of ether oxygens (including phenoxy) is 1. The van der Waals surface area contributed by atoms with Crippen molar-refractivity contribution in [3.8, 4) is 0 Å². The summed E-state index contributed by atoms with van der Waals surface area (Å²) in [6.07, 6.45) is 9.91. The van der Waals surface area contributed by atoms with Crippen LogP contribution in [0.3, 0.4) is 0 Å². The van der Waals surface area contributed by atoms with Crippen molar-refractivity contribution in [2.24, 2.45) is 5.92 Å². The third-order valence-corrected chi connectivity index (χ3v) is 7.32. The molecule has 1 fully saturated rings. The monoisotopic (exact) mass is 555 g/mol. The van der Waals surface area contributed by atoms with E-state index in [0.717, 1.165) is 36.6 Å². The molecule has 1 atom stereocenters. The number of benzene rings is 2. The molecule has 0 radical (unpaired) electrons. The van der Waals surface area contributed by atoms with Crippen LogP contribution >= 0.6 is 11.6 Å². The van der Waals surface area contributed by atoms with Crippen LogP contribution in [0.4, 0.5) is 16.2 Å². The lowest BCUT2D eigenvalue weighted by atomic mass is 9.84. The van der Waals surface area contributed by atoms with Crippen LogP contribution in [0.15, 0.2) is 48.5 Å². The molecule has 2 aromatic rings. The van der Waals surface area contributed by atoms with Gasteiger partial charge < -0.3 is 20.3 Å². The summed E-state index contributed by atoms with van der Waals surface area (Å²) in [5, 5.41) is 6.81. The lowest BCUT2D eigenvalue weighted by Gasteiger charge is -2.28. The average Bonchev–Trinajstić information content (AvgIpc) is 2.88. The van der Waals surface area contributed by atoms with Gasteiger partial charge in [0.25, 0.3) is 5.91 Å². The minimum absolute atomic E-state index is 0.0243. The molecule has 0 unspecified atom stereocenters. The quantitative estimate of drug-likeness (QED) is 0.258. The highest BCUT2D eigenvalue weighted by Crippen LogP contribution is 2.30. The Morgan fingerprint density at radius 3 is 2.41 bits per heavy atom. The lowest BCUT2D eigenvalue weighted by molar-refractivity contribution is 0.0527. The number of amides is 2. The molecule has 2 N–H and O–H groups in total. The first-order chi connectivity index (χ1) is 18.6. The SMILES string of the molecule is CCC[C@H](CC1CCCCC1)NC(=O)c1cccc(N(CCCNC(=O)OC(C)(C)C)c2cccc(Cl)c2)c1. The van der Waals surface area contributed by atoms with Crippen molar-refractivity contribution in [1.29, 1.82) is 0 Å².